The van der Waals surface area contributed by atoms with E-state index in [0.29, 0.717) is 30.0 Å². The minimum Gasteiger partial charge on any atom is -0.481 e. The highest BCUT2D eigenvalue weighted by Crippen LogP contribution is 2.33. The number of rotatable bonds is 24. The minimum atomic E-state index is -1.22. The summed E-state index contributed by atoms with van der Waals surface area (Å²) in [5.41, 5.74) is 4.98. The number of ether oxygens (including phenoxy) is 1. The lowest BCUT2D eigenvalue weighted by atomic mass is 9.84. The predicted octanol–water partition coefficient (Wildman–Crippen LogP) is 7.32. The molecule has 2 heterocycles. The largest absolute Gasteiger partial charge is 0.481 e. The zero-order chi connectivity index (χ0) is 44.7. The number of piperidine rings is 1. The number of hydrogen-bond acceptors (Lipinski definition) is 10. The molecule has 2 aromatic rings. The lowest BCUT2D eigenvalue weighted by Gasteiger charge is -2.40. The van der Waals surface area contributed by atoms with Crippen molar-refractivity contribution in [1.29, 1.82) is 0 Å². The molecule has 1 aliphatic heterocycles. The number of nitrogens with zero attached hydrogens (tertiary/aromatic N) is 3. The van der Waals surface area contributed by atoms with Gasteiger partial charge in [-0.25, -0.2) is 9.37 Å². The summed E-state index contributed by atoms with van der Waals surface area (Å²) >= 11 is 1.14. The van der Waals surface area contributed by atoms with Gasteiger partial charge in [0.15, 0.2) is 6.10 Å². The second-order valence-electron chi connectivity index (χ2n) is 17.2. The Hall–Kier alpha value is -4.37. The Morgan fingerprint density at radius 3 is 2.45 bits per heavy atom. The van der Waals surface area contributed by atoms with Crippen LogP contribution in [0, 0.1) is 23.1 Å². The summed E-state index contributed by atoms with van der Waals surface area (Å²) in [6, 6.07) is 1.96. The van der Waals surface area contributed by atoms with E-state index in [1.54, 1.807) is 31.4 Å². The molecule has 5 N–H and O–H groups in total. The summed E-state index contributed by atoms with van der Waals surface area (Å²) < 4.78 is 20.3. The molecule has 0 saturated carbocycles. The number of thiazole rings is 1. The molecule has 15 heteroatoms. The SMILES string of the molecule is C=C[C@@H](CC)[C@H](NC(=O)[C@H]1CCCCN1C)C(=O)N(CCCCCC)[C@H](C[C@@H](OC(C)=O)c1nc(C(=O)N[C@H](Cc2ccc(N)c(F)c2)CC(C)(C)C(=O)O)cs1)C(C)C. The van der Waals surface area contributed by atoms with Crippen LogP contribution in [0.4, 0.5) is 10.1 Å². The molecule has 0 spiro atoms. The van der Waals surface area contributed by atoms with Gasteiger partial charge in [-0.15, -0.1) is 17.9 Å². The van der Waals surface area contributed by atoms with Gasteiger partial charge in [0.2, 0.25) is 11.8 Å². The van der Waals surface area contributed by atoms with E-state index in [0.717, 1.165) is 56.4 Å². The molecule has 0 radical (unpaired) electrons. The van der Waals surface area contributed by atoms with Crippen LogP contribution in [0.2, 0.25) is 0 Å². The number of carboxylic acid groups (broad SMARTS) is 1. The maximum Gasteiger partial charge on any atom is 0.309 e. The van der Waals surface area contributed by atoms with Crippen LogP contribution < -0.4 is 16.4 Å². The molecule has 3 amide bonds. The number of likely N-dealkylation sites (N-methyl/N-ethyl adjacent to an activating group) is 1. The number of carbonyl (C=O) groups is 5. The molecule has 334 valence electrons. The summed E-state index contributed by atoms with van der Waals surface area (Å²) in [4.78, 5) is 75.8. The molecule has 1 fully saturated rings. The summed E-state index contributed by atoms with van der Waals surface area (Å²) in [7, 11) is 1.94. The number of amides is 3. The quantitative estimate of drug-likeness (QED) is 0.0361. The van der Waals surface area contributed by atoms with Gasteiger partial charge in [0.1, 0.15) is 22.6 Å². The lowest BCUT2D eigenvalue weighted by molar-refractivity contribution is -0.150. The van der Waals surface area contributed by atoms with Crippen LogP contribution in [0.25, 0.3) is 0 Å². The highest BCUT2D eigenvalue weighted by Gasteiger charge is 2.39. The van der Waals surface area contributed by atoms with Crippen molar-refractivity contribution < 1.29 is 38.2 Å². The monoisotopic (exact) mass is 856 g/mol. The first-order chi connectivity index (χ1) is 28.3. The van der Waals surface area contributed by atoms with Gasteiger partial charge in [-0.1, -0.05) is 65.5 Å². The number of unbranched alkanes of at least 4 members (excludes halogenated alkanes) is 3. The third kappa shape index (κ3) is 14.4. The van der Waals surface area contributed by atoms with Crippen molar-refractivity contribution in [3.8, 4) is 0 Å². The first kappa shape index (κ1) is 50.0. The number of nitrogens with one attached hydrogen (secondary N) is 2. The molecule has 13 nitrogen and oxygen atoms in total. The molecule has 6 atom stereocenters. The van der Waals surface area contributed by atoms with Crippen LogP contribution in [-0.2, 0) is 30.3 Å². The number of aromatic nitrogens is 1. The molecule has 1 saturated heterocycles. The van der Waals surface area contributed by atoms with Gasteiger partial charge >= 0.3 is 11.9 Å². The highest BCUT2D eigenvalue weighted by molar-refractivity contribution is 7.09. The van der Waals surface area contributed by atoms with Gasteiger partial charge in [0.25, 0.3) is 5.91 Å². The van der Waals surface area contributed by atoms with Crippen LogP contribution in [0.15, 0.2) is 36.2 Å². The predicted molar refractivity (Wildman–Crippen MR) is 234 cm³/mol. The second-order valence-corrected chi connectivity index (χ2v) is 18.1. The van der Waals surface area contributed by atoms with E-state index in [9.17, 15) is 33.5 Å². The van der Waals surface area contributed by atoms with Crippen LogP contribution in [0.5, 0.6) is 0 Å². The minimum absolute atomic E-state index is 0.0255. The van der Waals surface area contributed by atoms with Gasteiger partial charge in [-0.2, -0.15) is 0 Å². The van der Waals surface area contributed by atoms with Crippen molar-refractivity contribution in [1.82, 2.24) is 25.4 Å². The number of carbonyl (C=O) groups excluding carboxylic acids is 4. The maximum absolute atomic E-state index is 15.0. The molecule has 3 rings (SSSR count). The van der Waals surface area contributed by atoms with Crippen molar-refractivity contribution >= 4 is 46.7 Å². The Bertz CT molecular complexity index is 1770. The maximum atomic E-state index is 15.0. The smallest absolute Gasteiger partial charge is 0.309 e. The molecule has 0 unspecified atom stereocenters. The van der Waals surface area contributed by atoms with Crippen LogP contribution >= 0.6 is 11.3 Å². The van der Waals surface area contributed by atoms with Gasteiger partial charge in [0.05, 0.1) is 17.1 Å². The third-order valence-electron chi connectivity index (χ3n) is 11.6. The number of carboxylic acids is 1. The van der Waals surface area contributed by atoms with E-state index in [4.69, 9.17) is 10.5 Å². The molecule has 1 aromatic heterocycles. The fourth-order valence-electron chi connectivity index (χ4n) is 7.91. The van der Waals surface area contributed by atoms with Crippen molar-refractivity contribution in [2.24, 2.45) is 17.3 Å². The van der Waals surface area contributed by atoms with Gasteiger partial charge in [-0.05, 0) is 89.6 Å². The van der Waals surface area contributed by atoms with Crippen LogP contribution in [-0.4, -0.2) is 93.9 Å². The Morgan fingerprint density at radius 1 is 1.15 bits per heavy atom. The third-order valence-corrected chi connectivity index (χ3v) is 12.5. The van der Waals surface area contributed by atoms with E-state index in [1.165, 1.54) is 19.1 Å². The average molecular weight is 857 g/mol. The number of nitrogen functional groups attached to an aromatic ring is 1. The summed E-state index contributed by atoms with van der Waals surface area (Å²) in [5, 5.41) is 17.8. The van der Waals surface area contributed by atoms with Crippen LogP contribution in [0.3, 0.4) is 0 Å². The Morgan fingerprint density at radius 2 is 1.87 bits per heavy atom. The molecule has 60 heavy (non-hydrogen) atoms. The van der Waals surface area contributed by atoms with E-state index in [1.807, 2.05) is 37.6 Å². The fraction of sp³-hybridized carbons (Fsp3) is 0.644. The molecule has 1 aromatic carbocycles. The topological polar surface area (TPSA) is 184 Å². The average Bonchev–Trinajstić information content (AvgIpc) is 3.68. The van der Waals surface area contributed by atoms with Gasteiger partial charge in [-0.3, -0.25) is 28.9 Å². The molecular formula is C45H69FN6O7S. The summed E-state index contributed by atoms with van der Waals surface area (Å²) in [6.07, 6.45) is 8.07. The van der Waals surface area contributed by atoms with E-state index >= 15 is 0 Å². The van der Waals surface area contributed by atoms with Gasteiger partial charge < -0.3 is 31.1 Å². The zero-order valence-electron chi connectivity index (χ0n) is 36.9. The first-order valence-corrected chi connectivity index (χ1v) is 22.4. The van der Waals surface area contributed by atoms with Crippen LogP contribution in [0.1, 0.15) is 140 Å². The zero-order valence-corrected chi connectivity index (χ0v) is 37.7. The molecule has 0 aliphatic carbocycles. The number of benzene rings is 1. The molecule has 1 aliphatic rings. The standard InChI is InChI=1S/C45H69FN6O7S/c1-10-13-14-16-22-52(43(56)39(31(11-2)12-3)50-41(55)36-18-15-17-21-51(36)9)37(28(4)5)25-38(59-29(6)53)42-49-35(27-60-42)40(54)48-32(26-45(7,8)44(57)58)23-30-19-20-34(47)33(46)24-30/h11,19-20,24,27-28,31-32,36-39H,2,10,12-18,21-23,25-26,47H2,1,3-9H3,(H,48,54)(H,50,55)(H,57,58)/t31-,32+,36+,37+,38+,39-/m0/s1. The second kappa shape index (κ2) is 23.6. The number of esters is 1. The fourth-order valence-corrected chi connectivity index (χ4v) is 8.75. The summed E-state index contributed by atoms with van der Waals surface area (Å²) in [6.45, 7) is 17.8. The molecular weight excluding hydrogens is 788 g/mol. The van der Waals surface area contributed by atoms with Crippen molar-refractivity contribution in [3.63, 3.8) is 0 Å². The Balaban J connectivity index is 1.97. The number of halogens is 1. The van der Waals surface area contributed by atoms with E-state index in [2.05, 4.69) is 29.1 Å². The first-order valence-electron chi connectivity index (χ1n) is 21.5. The lowest BCUT2D eigenvalue weighted by Crippen LogP contribution is -2.59. The number of likely N-dealkylation sites (tertiary alicyclic amines) is 1. The number of hydrogen-bond donors (Lipinski definition) is 4. The van der Waals surface area contributed by atoms with Crippen molar-refractivity contribution in [2.45, 2.75) is 149 Å². The summed E-state index contributed by atoms with van der Waals surface area (Å²) in [5.74, 6) is -3.64. The number of anilines is 1. The van der Waals surface area contributed by atoms with Gasteiger partial charge in [0, 0.05) is 43.3 Å². The highest BCUT2D eigenvalue weighted by atomic mass is 32.1. The van der Waals surface area contributed by atoms with E-state index in [-0.39, 0.29) is 60.3 Å². The number of aliphatic carboxylic acids is 1. The Kier molecular flexibility index (Phi) is 19.6. The number of nitrogens with two attached hydrogens (primary N) is 1. The molecule has 0 bridgehead atoms. The van der Waals surface area contributed by atoms with Crippen molar-refractivity contribution in [2.75, 3.05) is 25.9 Å². The normalized spacial score (nSPS) is 17.2. The Labute approximate surface area is 360 Å². The van der Waals surface area contributed by atoms with E-state index < -0.39 is 53.3 Å². The van der Waals surface area contributed by atoms with Crippen molar-refractivity contribution in [3.05, 3.63) is 58.3 Å².